The Balaban J connectivity index is 1.41. The monoisotopic (exact) mass is 543 g/mol. The number of rotatable bonds is 10. The highest BCUT2D eigenvalue weighted by Gasteiger charge is 2.17. The lowest BCUT2D eigenvalue weighted by Gasteiger charge is -2.34. The second kappa shape index (κ2) is 12.3. The number of hydrogen-bond acceptors (Lipinski definition) is 9. The number of aromatic nitrogens is 4. The van der Waals surface area contributed by atoms with Gasteiger partial charge < -0.3 is 30.1 Å². The van der Waals surface area contributed by atoms with Crippen LogP contribution in [0.25, 0.3) is 22.3 Å². The molecule has 4 aromatic rings. The van der Waals surface area contributed by atoms with Crippen molar-refractivity contribution in [2.75, 3.05) is 76.5 Å². The molecule has 11 nitrogen and oxygen atoms in total. The first-order valence-corrected chi connectivity index (χ1v) is 13.5. The van der Waals surface area contributed by atoms with E-state index in [1.165, 1.54) is 5.69 Å². The average molecular weight is 544 g/mol. The van der Waals surface area contributed by atoms with E-state index in [-0.39, 0.29) is 5.91 Å². The molecule has 3 N–H and O–H groups in total. The van der Waals surface area contributed by atoms with Gasteiger partial charge in [0.1, 0.15) is 5.75 Å². The Kier molecular flexibility index (Phi) is 8.42. The van der Waals surface area contributed by atoms with Crippen LogP contribution < -0.4 is 20.3 Å². The Morgan fingerprint density at radius 3 is 2.67 bits per heavy atom. The third-order valence-corrected chi connectivity index (χ3v) is 6.99. The Labute approximate surface area is 234 Å². The Morgan fingerprint density at radius 2 is 1.90 bits per heavy atom. The van der Waals surface area contributed by atoms with Gasteiger partial charge in [-0.2, -0.15) is 10.1 Å². The van der Waals surface area contributed by atoms with Gasteiger partial charge in [-0.25, -0.2) is 4.98 Å². The van der Waals surface area contributed by atoms with Crippen LogP contribution in [0.1, 0.15) is 12.8 Å². The van der Waals surface area contributed by atoms with Gasteiger partial charge in [0.15, 0.2) is 5.65 Å². The molecule has 0 bridgehead atoms. The van der Waals surface area contributed by atoms with Crippen molar-refractivity contribution >= 4 is 40.0 Å². The number of nitrogens with one attached hydrogen (secondary N) is 3. The number of likely N-dealkylation sites (N-methyl/N-ethyl adjacent to an activating group) is 1. The van der Waals surface area contributed by atoms with Crippen LogP contribution in [-0.4, -0.2) is 96.8 Å². The van der Waals surface area contributed by atoms with Gasteiger partial charge in [-0.3, -0.25) is 9.89 Å². The van der Waals surface area contributed by atoms with Crippen LogP contribution >= 0.6 is 0 Å². The summed E-state index contributed by atoms with van der Waals surface area (Å²) in [5, 5.41) is 14.3. The maximum Gasteiger partial charge on any atom is 0.229 e. The molecular weight excluding hydrogens is 506 g/mol. The summed E-state index contributed by atoms with van der Waals surface area (Å²) in [4.78, 5) is 28.9. The lowest BCUT2D eigenvalue weighted by atomic mass is 10.1. The number of benzene rings is 2. The molecule has 11 heteroatoms. The Hall–Kier alpha value is -4.22. The summed E-state index contributed by atoms with van der Waals surface area (Å²) in [6, 6.07) is 13.9. The number of nitrogens with zero attached hydrogens (tertiary/aromatic N) is 6. The summed E-state index contributed by atoms with van der Waals surface area (Å²) in [6.45, 7) is 4.92. The van der Waals surface area contributed by atoms with Crippen molar-refractivity contribution in [1.82, 2.24) is 30.0 Å². The average Bonchev–Trinajstić information content (AvgIpc) is 3.41. The molecular formula is C29H37N9O2. The van der Waals surface area contributed by atoms with E-state index in [4.69, 9.17) is 9.72 Å². The van der Waals surface area contributed by atoms with Crippen molar-refractivity contribution in [3.63, 3.8) is 0 Å². The zero-order valence-electron chi connectivity index (χ0n) is 23.6. The number of ether oxygens (including phenoxy) is 1. The smallest absolute Gasteiger partial charge is 0.229 e. The summed E-state index contributed by atoms with van der Waals surface area (Å²) in [5.74, 6) is 1.02. The van der Waals surface area contributed by atoms with Crippen molar-refractivity contribution in [3.8, 4) is 17.0 Å². The fraction of sp³-hybridized carbons (Fsp3) is 0.379. The van der Waals surface area contributed by atoms with E-state index in [0.717, 1.165) is 55.8 Å². The van der Waals surface area contributed by atoms with Gasteiger partial charge in [0, 0.05) is 61.3 Å². The molecule has 40 heavy (non-hydrogen) atoms. The second-order valence-corrected chi connectivity index (χ2v) is 10.4. The van der Waals surface area contributed by atoms with Gasteiger partial charge in [-0.1, -0.05) is 6.07 Å². The minimum Gasteiger partial charge on any atom is -0.497 e. The quantitative estimate of drug-likeness (QED) is 0.275. The van der Waals surface area contributed by atoms with E-state index in [2.05, 4.69) is 59.7 Å². The number of carbonyl (C=O) groups excluding carboxylic acids is 1. The molecule has 2 aromatic heterocycles. The Bertz CT molecular complexity index is 1460. The number of carbonyl (C=O) groups is 1. The minimum absolute atomic E-state index is 0.0419. The number of anilines is 4. The molecule has 0 saturated carbocycles. The predicted octanol–water partition coefficient (Wildman–Crippen LogP) is 3.80. The van der Waals surface area contributed by atoms with Crippen LogP contribution in [0, 0.1) is 0 Å². The molecule has 0 atom stereocenters. The normalized spacial score (nSPS) is 14.1. The van der Waals surface area contributed by atoms with Gasteiger partial charge in [0.25, 0.3) is 0 Å². The maximum absolute atomic E-state index is 12.6. The number of methoxy groups -OCH3 is 1. The molecule has 2 aromatic carbocycles. The summed E-state index contributed by atoms with van der Waals surface area (Å²) in [6.07, 6.45) is 2.93. The Morgan fingerprint density at radius 1 is 1.07 bits per heavy atom. The van der Waals surface area contributed by atoms with E-state index in [0.29, 0.717) is 35.1 Å². The van der Waals surface area contributed by atoms with Crippen molar-refractivity contribution < 1.29 is 9.53 Å². The molecule has 1 aliphatic heterocycles. The van der Waals surface area contributed by atoms with E-state index in [1.807, 2.05) is 44.4 Å². The standard InChI is InChI=1S/C29H37N9O2/c1-36(2)10-6-9-26(39)31-22-15-20(16-24(18-22)40-4)27-25-19-30-35-28(25)34-29(33-27)32-21-7-5-8-23(17-21)38-13-11-37(3)12-14-38/h5,7-8,15-19H,6,9-14H2,1-4H3,(H,31,39)(H2,30,32,33,34,35). The largest absolute Gasteiger partial charge is 0.497 e. The van der Waals surface area contributed by atoms with E-state index >= 15 is 0 Å². The van der Waals surface area contributed by atoms with E-state index in [1.54, 1.807) is 13.3 Å². The zero-order valence-corrected chi connectivity index (χ0v) is 23.6. The van der Waals surface area contributed by atoms with E-state index < -0.39 is 0 Å². The predicted molar refractivity (Wildman–Crippen MR) is 160 cm³/mol. The molecule has 0 unspecified atom stereocenters. The van der Waals surface area contributed by atoms with Crippen LogP contribution in [0.3, 0.4) is 0 Å². The van der Waals surface area contributed by atoms with Crippen LogP contribution in [0.4, 0.5) is 23.0 Å². The number of aromatic amines is 1. The number of hydrogen-bond donors (Lipinski definition) is 3. The van der Waals surface area contributed by atoms with Gasteiger partial charge in [0.2, 0.25) is 11.9 Å². The molecule has 3 heterocycles. The highest BCUT2D eigenvalue weighted by molar-refractivity contribution is 5.95. The maximum atomic E-state index is 12.6. The highest BCUT2D eigenvalue weighted by Crippen LogP contribution is 2.33. The molecule has 0 spiro atoms. The summed E-state index contributed by atoms with van der Waals surface area (Å²) in [7, 11) is 7.76. The molecule has 210 valence electrons. The lowest BCUT2D eigenvalue weighted by molar-refractivity contribution is -0.116. The molecule has 0 radical (unpaired) electrons. The minimum atomic E-state index is -0.0419. The van der Waals surface area contributed by atoms with Gasteiger partial charge in [-0.15, -0.1) is 0 Å². The van der Waals surface area contributed by atoms with Crippen LogP contribution in [0.2, 0.25) is 0 Å². The number of H-pyrrole nitrogens is 1. The number of piperazine rings is 1. The first kappa shape index (κ1) is 27.4. The van der Waals surface area contributed by atoms with Crippen LogP contribution in [0.5, 0.6) is 5.75 Å². The van der Waals surface area contributed by atoms with Crippen molar-refractivity contribution in [2.24, 2.45) is 0 Å². The molecule has 1 amide bonds. The summed E-state index contributed by atoms with van der Waals surface area (Å²) < 4.78 is 5.56. The first-order valence-electron chi connectivity index (χ1n) is 13.5. The summed E-state index contributed by atoms with van der Waals surface area (Å²) >= 11 is 0. The first-order chi connectivity index (χ1) is 19.4. The summed E-state index contributed by atoms with van der Waals surface area (Å²) in [5.41, 5.74) is 4.79. The number of fused-ring (bicyclic) bond motifs is 1. The third-order valence-electron chi connectivity index (χ3n) is 6.99. The molecule has 0 aliphatic carbocycles. The van der Waals surface area contributed by atoms with Crippen molar-refractivity contribution in [3.05, 3.63) is 48.7 Å². The van der Waals surface area contributed by atoms with Gasteiger partial charge in [-0.05, 0) is 64.4 Å². The topological polar surface area (TPSA) is 115 Å². The third kappa shape index (κ3) is 6.67. The zero-order chi connectivity index (χ0) is 28.1. The fourth-order valence-electron chi connectivity index (χ4n) is 4.79. The molecule has 1 aliphatic rings. The fourth-order valence-corrected chi connectivity index (χ4v) is 4.79. The van der Waals surface area contributed by atoms with Gasteiger partial charge >= 0.3 is 0 Å². The van der Waals surface area contributed by atoms with Crippen LogP contribution in [-0.2, 0) is 4.79 Å². The molecule has 1 fully saturated rings. The van der Waals surface area contributed by atoms with Crippen molar-refractivity contribution in [2.45, 2.75) is 12.8 Å². The van der Waals surface area contributed by atoms with E-state index in [9.17, 15) is 4.79 Å². The number of amides is 1. The molecule has 1 saturated heterocycles. The van der Waals surface area contributed by atoms with Gasteiger partial charge in [0.05, 0.1) is 24.4 Å². The SMILES string of the molecule is COc1cc(NC(=O)CCCN(C)C)cc(-c2nc(Nc3cccc(N4CCN(C)CC4)c3)nc3[nH]ncc23)c1. The lowest BCUT2D eigenvalue weighted by Crippen LogP contribution is -2.44. The second-order valence-electron chi connectivity index (χ2n) is 10.4. The van der Waals surface area contributed by atoms with Crippen LogP contribution in [0.15, 0.2) is 48.7 Å². The van der Waals surface area contributed by atoms with Crippen molar-refractivity contribution in [1.29, 1.82) is 0 Å². The molecule has 5 rings (SSSR count). The highest BCUT2D eigenvalue weighted by atomic mass is 16.5.